The fourth-order valence-electron chi connectivity index (χ4n) is 4.70. The molecule has 2 aromatic heterocycles. The van der Waals surface area contributed by atoms with E-state index in [9.17, 15) is 0 Å². The first-order chi connectivity index (χ1) is 15.6. The van der Waals surface area contributed by atoms with Crippen LogP contribution < -0.4 is 0 Å². The molecule has 6 nitrogen and oxygen atoms in total. The van der Waals surface area contributed by atoms with Gasteiger partial charge in [0, 0.05) is 43.4 Å². The van der Waals surface area contributed by atoms with Crippen LogP contribution in [0, 0.1) is 13.8 Å². The molecular formula is C26H30N6. The van der Waals surface area contributed by atoms with Gasteiger partial charge in [0.1, 0.15) is 12.2 Å². The van der Waals surface area contributed by atoms with E-state index in [0.29, 0.717) is 5.92 Å². The normalized spacial score (nSPS) is 17.0. The number of benzene rings is 2. The number of rotatable bonds is 5. The molecule has 5 rings (SSSR count). The van der Waals surface area contributed by atoms with Crippen LogP contribution in [0.4, 0.5) is 0 Å². The highest BCUT2D eigenvalue weighted by molar-refractivity contribution is 5.64. The van der Waals surface area contributed by atoms with Crippen molar-refractivity contribution in [3.05, 3.63) is 83.6 Å². The zero-order chi connectivity index (χ0) is 22.1. The summed E-state index contributed by atoms with van der Waals surface area (Å²) in [4.78, 5) is 2.54. The summed E-state index contributed by atoms with van der Waals surface area (Å²) < 4.78 is 4.08. The van der Waals surface area contributed by atoms with Crippen molar-refractivity contribution in [3.63, 3.8) is 0 Å². The molecule has 0 spiro atoms. The molecule has 0 amide bonds. The second kappa shape index (κ2) is 8.71. The van der Waals surface area contributed by atoms with Crippen LogP contribution in [0.5, 0.6) is 0 Å². The summed E-state index contributed by atoms with van der Waals surface area (Å²) in [5.41, 5.74) is 7.09. The summed E-state index contributed by atoms with van der Waals surface area (Å²) in [6, 6.07) is 17.2. The number of hydrogen-bond acceptors (Lipinski definition) is 4. The zero-order valence-corrected chi connectivity index (χ0v) is 19.1. The molecule has 0 unspecified atom stereocenters. The van der Waals surface area contributed by atoms with E-state index in [-0.39, 0.29) is 0 Å². The van der Waals surface area contributed by atoms with Gasteiger partial charge in [-0.25, -0.2) is 4.68 Å². The average molecular weight is 427 g/mol. The maximum Gasteiger partial charge on any atom is 0.136 e. The minimum Gasteiger partial charge on any atom is -0.320 e. The van der Waals surface area contributed by atoms with Crippen LogP contribution in [0.25, 0.3) is 16.9 Å². The lowest BCUT2D eigenvalue weighted by molar-refractivity contribution is 0.195. The molecule has 0 saturated carbocycles. The maximum atomic E-state index is 5.03. The molecule has 3 heterocycles. The van der Waals surface area contributed by atoms with Gasteiger partial charge in [-0.05, 0) is 51.4 Å². The fourth-order valence-corrected chi connectivity index (χ4v) is 4.70. The third kappa shape index (κ3) is 4.23. The van der Waals surface area contributed by atoms with Gasteiger partial charge in [-0.15, -0.1) is 10.2 Å². The summed E-state index contributed by atoms with van der Waals surface area (Å²) in [5, 5.41) is 13.5. The molecule has 164 valence electrons. The molecule has 1 aliphatic heterocycles. The van der Waals surface area contributed by atoms with Gasteiger partial charge in [-0.3, -0.25) is 4.90 Å². The van der Waals surface area contributed by atoms with Gasteiger partial charge < -0.3 is 4.57 Å². The smallest absolute Gasteiger partial charge is 0.136 e. The van der Waals surface area contributed by atoms with E-state index in [1.807, 2.05) is 11.7 Å². The molecule has 0 bridgehead atoms. The second-order valence-electron chi connectivity index (χ2n) is 9.03. The molecular weight excluding hydrogens is 396 g/mol. The monoisotopic (exact) mass is 426 g/mol. The van der Waals surface area contributed by atoms with Crippen molar-refractivity contribution >= 4 is 0 Å². The second-order valence-corrected chi connectivity index (χ2v) is 9.03. The first-order valence-electron chi connectivity index (χ1n) is 11.4. The van der Waals surface area contributed by atoms with Gasteiger partial charge in [0.05, 0.1) is 11.4 Å². The van der Waals surface area contributed by atoms with E-state index in [4.69, 9.17) is 5.10 Å². The first kappa shape index (κ1) is 20.6. The lowest BCUT2D eigenvalue weighted by Crippen LogP contribution is -2.34. The highest BCUT2D eigenvalue weighted by Crippen LogP contribution is 2.30. The van der Waals surface area contributed by atoms with E-state index < -0.39 is 0 Å². The molecule has 4 aromatic rings. The molecule has 1 aliphatic rings. The highest BCUT2D eigenvalue weighted by Gasteiger charge is 2.26. The molecule has 6 heteroatoms. The zero-order valence-electron chi connectivity index (χ0n) is 19.1. The molecule has 0 aliphatic carbocycles. The third-order valence-corrected chi connectivity index (χ3v) is 6.39. The molecule has 0 N–H and O–H groups in total. The van der Waals surface area contributed by atoms with Crippen molar-refractivity contribution in [3.8, 4) is 16.9 Å². The number of aromatic nitrogens is 5. The molecule has 1 saturated heterocycles. The third-order valence-electron chi connectivity index (χ3n) is 6.39. The standard InChI is InChI=1S/C26H30N6/c1-19-9-11-24(12-10-19)32-17-23(25(29-32)21-7-4-6-20(2)14-21)16-31-13-5-8-22(15-31)26-28-27-18-30(26)3/h4,6-7,9-12,14,17-18,22H,5,8,13,15-16H2,1-3H3/t22-/m0/s1. The highest BCUT2D eigenvalue weighted by atomic mass is 15.3. The summed E-state index contributed by atoms with van der Waals surface area (Å²) >= 11 is 0. The van der Waals surface area contributed by atoms with Gasteiger partial charge in [-0.2, -0.15) is 5.10 Å². The molecule has 1 atom stereocenters. The Morgan fingerprint density at radius 3 is 2.62 bits per heavy atom. The van der Waals surface area contributed by atoms with Crippen LogP contribution in [-0.2, 0) is 13.6 Å². The van der Waals surface area contributed by atoms with Gasteiger partial charge in [0.25, 0.3) is 0 Å². The molecule has 32 heavy (non-hydrogen) atoms. The minimum atomic E-state index is 0.422. The van der Waals surface area contributed by atoms with Gasteiger partial charge >= 0.3 is 0 Å². The predicted molar refractivity (Wildman–Crippen MR) is 127 cm³/mol. The Bertz CT molecular complexity index is 1200. The lowest BCUT2D eigenvalue weighted by Gasteiger charge is -2.32. The van der Waals surface area contributed by atoms with E-state index in [1.165, 1.54) is 28.7 Å². The van der Waals surface area contributed by atoms with Crippen molar-refractivity contribution in [1.29, 1.82) is 0 Å². The van der Waals surface area contributed by atoms with Crippen LogP contribution in [0.15, 0.2) is 61.1 Å². The Morgan fingerprint density at radius 1 is 1.03 bits per heavy atom. The van der Waals surface area contributed by atoms with Crippen LogP contribution in [0.2, 0.25) is 0 Å². The van der Waals surface area contributed by atoms with Crippen molar-refractivity contribution in [2.24, 2.45) is 7.05 Å². The number of nitrogens with zero attached hydrogens (tertiary/aromatic N) is 6. The Hall–Kier alpha value is -3.25. The first-order valence-corrected chi connectivity index (χ1v) is 11.4. The van der Waals surface area contributed by atoms with Crippen molar-refractivity contribution in [1.82, 2.24) is 29.4 Å². The molecule has 1 fully saturated rings. The summed E-state index contributed by atoms with van der Waals surface area (Å²) in [6.45, 7) is 7.22. The lowest BCUT2D eigenvalue weighted by atomic mass is 9.96. The molecule has 2 aromatic carbocycles. The Morgan fingerprint density at radius 2 is 1.88 bits per heavy atom. The van der Waals surface area contributed by atoms with Gasteiger partial charge in [-0.1, -0.05) is 41.5 Å². The van der Waals surface area contributed by atoms with E-state index in [1.54, 1.807) is 6.33 Å². The summed E-state index contributed by atoms with van der Waals surface area (Å²) in [6.07, 6.45) is 6.34. The van der Waals surface area contributed by atoms with E-state index >= 15 is 0 Å². The van der Waals surface area contributed by atoms with Crippen LogP contribution in [0.3, 0.4) is 0 Å². The van der Waals surface area contributed by atoms with Crippen molar-refractivity contribution in [2.75, 3.05) is 13.1 Å². The minimum absolute atomic E-state index is 0.422. The number of hydrogen-bond donors (Lipinski definition) is 0. The quantitative estimate of drug-likeness (QED) is 0.466. The van der Waals surface area contributed by atoms with Crippen LogP contribution in [0.1, 0.15) is 41.3 Å². The van der Waals surface area contributed by atoms with Gasteiger partial charge in [0.2, 0.25) is 0 Å². The predicted octanol–water partition coefficient (Wildman–Crippen LogP) is 4.66. The fraction of sp³-hybridized carbons (Fsp3) is 0.346. The average Bonchev–Trinajstić information content (AvgIpc) is 3.41. The van der Waals surface area contributed by atoms with E-state index in [2.05, 4.69) is 88.2 Å². The number of aryl methyl sites for hydroxylation is 3. The van der Waals surface area contributed by atoms with Crippen LogP contribution >= 0.6 is 0 Å². The summed E-state index contributed by atoms with van der Waals surface area (Å²) in [5.74, 6) is 1.51. The molecule has 0 radical (unpaired) electrons. The van der Waals surface area contributed by atoms with Gasteiger partial charge in [0.15, 0.2) is 0 Å². The van der Waals surface area contributed by atoms with E-state index in [0.717, 1.165) is 43.3 Å². The van der Waals surface area contributed by atoms with Crippen LogP contribution in [-0.4, -0.2) is 42.5 Å². The van der Waals surface area contributed by atoms with Crippen molar-refractivity contribution in [2.45, 2.75) is 39.2 Å². The Balaban J connectivity index is 1.46. The van der Waals surface area contributed by atoms with Crippen molar-refractivity contribution < 1.29 is 0 Å². The number of piperidine rings is 1. The summed E-state index contributed by atoms with van der Waals surface area (Å²) in [7, 11) is 2.04. The Labute approximate surface area is 189 Å². The maximum absolute atomic E-state index is 5.03. The topological polar surface area (TPSA) is 51.8 Å². The SMILES string of the molecule is Cc1ccc(-n2cc(CN3CCC[C@H](c4nncn4C)C3)c(-c3cccc(C)c3)n2)cc1. The largest absolute Gasteiger partial charge is 0.320 e. The number of likely N-dealkylation sites (tertiary alicyclic amines) is 1. The Kier molecular flexibility index (Phi) is 5.62.